The van der Waals surface area contributed by atoms with Crippen LogP contribution in [-0.2, 0) is 4.79 Å². The van der Waals surface area contributed by atoms with Crippen molar-refractivity contribution in [2.75, 3.05) is 0 Å². The highest BCUT2D eigenvalue weighted by Gasteiger charge is 1.99. The van der Waals surface area contributed by atoms with Gasteiger partial charge in [0, 0.05) is 11.1 Å². The van der Waals surface area contributed by atoms with Crippen LogP contribution in [0, 0.1) is 0 Å². The molecule has 9 heavy (non-hydrogen) atoms. The molecule has 2 heteroatoms. The molecular weight excluding hydrogens is 136 g/mol. The molecule has 0 amide bonds. The quantitative estimate of drug-likeness (QED) is 0.556. The average molecular weight is 145 g/mol. The summed E-state index contributed by atoms with van der Waals surface area (Å²) in [6.07, 6.45) is 1.92. The predicted molar refractivity (Wildman–Crippen MR) is 39.4 cm³/mol. The zero-order valence-corrected chi connectivity index (χ0v) is 6.11. The number of halogens is 1. The molecule has 0 aliphatic rings. The number of hydrogen-bond acceptors (Lipinski definition) is 1. The number of carbonyl (C=O) groups excluding carboxylic acids is 1. The summed E-state index contributed by atoms with van der Waals surface area (Å²) in [4.78, 5) is 10.7. The fourth-order valence-corrected chi connectivity index (χ4v) is 0.698. The molecule has 0 atom stereocenters. The van der Waals surface area contributed by atoms with Gasteiger partial charge in [0.2, 0.25) is 0 Å². The van der Waals surface area contributed by atoms with Crippen molar-refractivity contribution in [2.45, 2.75) is 13.3 Å². The minimum Gasteiger partial charge on any atom is -0.290 e. The van der Waals surface area contributed by atoms with Crippen LogP contribution in [0.3, 0.4) is 0 Å². The topological polar surface area (TPSA) is 17.1 Å². The van der Waals surface area contributed by atoms with Crippen LogP contribution in [0.1, 0.15) is 13.3 Å². The minimum atomic E-state index is -0.0903. The van der Waals surface area contributed by atoms with E-state index in [1.165, 1.54) is 11.6 Å². The van der Waals surface area contributed by atoms with Crippen molar-refractivity contribution in [1.82, 2.24) is 0 Å². The monoisotopic (exact) mass is 144 g/mol. The summed E-state index contributed by atoms with van der Waals surface area (Å²) in [7, 11) is 0. The second-order valence-corrected chi connectivity index (χ2v) is 1.77. The number of ketones is 1. The maximum atomic E-state index is 10.7. The van der Waals surface area contributed by atoms with Crippen LogP contribution in [-0.4, -0.2) is 5.78 Å². The molecule has 0 fully saturated rings. The van der Waals surface area contributed by atoms with Crippen molar-refractivity contribution in [3.8, 4) is 0 Å². The van der Waals surface area contributed by atoms with Gasteiger partial charge in [-0.15, -0.1) is 0 Å². The molecule has 1 nitrogen and oxygen atoms in total. The van der Waals surface area contributed by atoms with Gasteiger partial charge in [-0.1, -0.05) is 25.1 Å². The van der Waals surface area contributed by atoms with Crippen LogP contribution in [0.5, 0.6) is 0 Å². The number of allylic oxidation sites excluding steroid dienone is 2. The Hall–Kier alpha value is -0.560. The minimum absolute atomic E-state index is 0.0903. The van der Waals surface area contributed by atoms with Gasteiger partial charge in [0.05, 0.1) is 0 Å². The van der Waals surface area contributed by atoms with E-state index >= 15 is 0 Å². The van der Waals surface area contributed by atoms with Crippen LogP contribution in [0.25, 0.3) is 0 Å². The summed E-state index contributed by atoms with van der Waals surface area (Å²) >= 11 is 5.31. The van der Waals surface area contributed by atoms with E-state index in [1.54, 1.807) is 0 Å². The molecule has 0 aromatic carbocycles. The molecule has 0 bridgehead atoms. The first-order valence-electron chi connectivity index (χ1n) is 2.72. The van der Waals surface area contributed by atoms with Gasteiger partial charge < -0.3 is 0 Å². The third kappa shape index (κ3) is 2.47. The molecule has 0 radical (unpaired) electrons. The summed E-state index contributed by atoms with van der Waals surface area (Å²) in [6.45, 7) is 5.20. The van der Waals surface area contributed by atoms with E-state index in [-0.39, 0.29) is 5.78 Å². The average Bonchev–Trinajstić information content (AvgIpc) is 1.90. The lowest BCUT2D eigenvalue weighted by atomic mass is 10.1. The summed E-state index contributed by atoms with van der Waals surface area (Å²) in [5.74, 6) is -0.0903. The second-order valence-electron chi connectivity index (χ2n) is 1.56. The first-order chi connectivity index (χ1) is 4.26. The molecule has 0 saturated carbocycles. The van der Waals surface area contributed by atoms with Gasteiger partial charge in [-0.3, -0.25) is 4.79 Å². The molecule has 0 spiro atoms. The van der Waals surface area contributed by atoms with Gasteiger partial charge in [-0.05, 0) is 12.5 Å². The molecule has 0 rings (SSSR count). The van der Waals surface area contributed by atoms with Crippen molar-refractivity contribution in [3.05, 3.63) is 23.8 Å². The zero-order chi connectivity index (χ0) is 7.28. The molecular formula is C7H9ClO. The molecule has 0 unspecified atom stereocenters. The Balaban J connectivity index is 4.13. The van der Waals surface area contributed by atoms with Crippen molar-refractivity contribution in [3.63, 3.8) is 0 Å². The molecule has 0 aromatic heterocycles. The summed E-state index contributed by atoms with van der Waals surface area (Å²) in [5, 5.41) is 0. The summed E-state index contributed by atoms with van der Waals surface area (Å²) in [6, 6.07) is 0. The third-order valence-corrected chi connectivity index (χ3v) is 1.28. The lowest BCUT2D eigenvalue weighted by Gasteiger charge is -1.92. The van der Waals surface area contributed by atoms with Gasteiger partial charge in [0.1, 0.15) is 0 Å². The highest BCUT2D eigenvalue weighted by atomic mass is 35.5. The Kier molecular flexibility index (Phi) is 4.06. The largest absolute Gasteiger partial charge is 0.290 e. The Morgan fingerprint density at radius 1 is 1.78 bits per heavy atom. The van der Waals surface area contributed by atoms with Crippen molar-refractivity contribution >= 4 is 17.4 Å². The number of rotatable bonds is 3. The smallest absolute Gasteiger partial charge is 0.182 e. The lowest BCUT2D eigenvalue weighted by Crippen LogP contribution is -1.94. The maximum Gasteiger partial charge on any atom is 0.182 e. The second kappa shape index (κ2) is 4.33. The van der Waals surface area contributed by atoms with E-state index in [1.807, 2.05) is 6.92 Å². The van der Waals surface area contributed by atoms with E-state index in [4.69, 9.17) is 11.6 Å². The molecule has 0 heterocycles. The lowest BCUT2D eigenvalue weighted by molar-refractivity contribution is -0.111. The van der Waals surface area contributed by atoms with Crippen molar-refractivity contribution in [2.24, 2.45) is 0 Å². The van der Waals surface area contributed by atoms with Crippen molar-refractivity contribution < 1.29 is 4.79 Å². The normalized spacial score (nSPS) is 11.1. The predicted octanol–water partition coefficient (Wildman–Crippen LogP) is 2.27. The Labute approximate surface area is 60.0 Å². The fourth-order valence-electron chi connectivity index (χ4n) is 0.436. The van der Waals surface area contributed by atoms with Gasteiger partial charge in [-0.25, -0.2) is 0 Å². The van der Waals surface area contributed by atoms with Crippen LogP contribution < -0.4 is 0 Å². The Morgan fingerprint density at radius 3 is 2.44 bits per heavy atom. The molecule has 0 aliphatic carbocycles. The van der Waals surface area contributed by atoms with Gasteiger partial charge in [0.25, 0.3) is 0 Å². The van der Waals surface area contributed by atoms with Gasteiger partial charge in [-0.2, -0.15) is 0 Å². The van der Waals surface area contributed by atoms with Gasteiger partial charge >= 0.3 is 0 Å². The molecule has 0 aromatic rings. The zero-order valence-electron chi connectivity index (χ0n) is 5.36. The van der Waals surface area contributed by atoms with Crippen LogP contribution in [0.2, 0.25) is 0 Å². The number of carbonyl (C=O) groups is 1. The van der Waals surface area contributed by atoms with E-state index in [9.17, 15) is 4.79 Å². The summed E-state index contributed by atoms with van der Waals surface area (Å²) < 4.78 is 0. The van der Waals surface area contributed by atoms with E-state index in [0.717, 1.165) is 0 Å². The Bertz CT molecular complexity index is 147. The molecule has 0 aliphatic heterocycles. The van der Waals surface area contributed by atoms with E-state index in [0.29, 0.717) is 12.0 Å². The summed E-state index contributed by atoms with van der Waals surface area (Å²) in [5.41, 5.74) is 1.90. The fraction of sp³-hybridized carbons (Fsp3) is 0.286. The first kappa shape index (κ1) is 8.44. The maximum absolute atomic E-state index is 10.7. The van der Waals surface area contributed by atoms with E-state index < -0.39 is 0 Å². The molecule has 50 valence electrons. The van der Waals surface area contributed by atoms with Crippen molar-refractivity contribution in [1.29, 1.82) is 0 Å². The highest BCUT2D eigenvalue weighted by Crippen LogP contribution is 2.03. The Morgan fingerprint density at radius 2 is 2.33 bits per heavy atom. The van der Waals surface area contributed by atoms with Crippen LogP contribution in [0.4, 0.5) is 0 Å². The SMILES string of the molecule is C=CC(=O)/C(=C/Cl)CC. The number of hydrogen-bond donors (Lipinski definition) is 0. The molecule has 0 N–H and O–H groups in total. The van der Waals surface area contributed by atoms with E-state index in [2.05, 4.69) is 6.58 Å². The molecule has 0 saturated heterocycles. The standard InChI is InChI=1S/C7H9ClO/c1-3-6(5-8)7(9)4-2/h4-5H,2-3H2,1H3/b6-5+. The first-order valence-corrected chi connectivity index (χ1v) is 3.16. The van der Waals surface area contributed by atoms with Gasteiger partial charge in [0.15, 0.2) is 5.78 Å². The van der Waals surface area contributed by atoms with Crippen LogP contribution in [0.15, 0.2) is 23.8 Å². The third-order valence-electron chi connectivity index (χ3n) is 1.01. The van der Waals surface area contributed by atoms with Crippen LogP contribution >= 0.6 is 11.6 Å². The highest BCUT2D eigenvalue weighted by molar-refractivity contribution is 6.28.